The largest absolute Gasteiger partial charge is 0.348 e. The zero-order valence-corrected chi connectivity index (χ0v) is 19.4. The molecule has 0 fully saturated rings. The standard InChI is InChI=1S/C25H26ClN5O/c1-16-23(18(3)31(29-16)22-8-6-5-7-9-22)14-27-25(32)21-12-10-20(11-13-21)15-30-19(4)24(26)17(2)28-30/h5-13H,14-15H2,1-4H3,(H,27,32). The predicted octanol–water partition coefficient (Wildman–Crippen LogP) is 4.93. The molecule has 0 bridgehead atoms. The van der Waals surface area contributed by atoms with Crippen LogP contribution < -0.4 is 5.32 Å². The van der Waals surface area contributed by atoms with Gasteiger partial charge in [-0.2, -0.15) is 10.2 Å². The van der Waals surface area contributed by atoms with Crippen molar-refractivity contribution in [2.75, 3.05) is 0 Å². The summed E-state index contributed by atoms with van der Waals surface area (Å²) in [6, 6.07) is 17.6. The Labute approximate surface area is 192 Å². The van der Waals surface area contributed by atoms with Crippen molar-refractivity contribution >= 4 is 17.5 Å². The van der Waals surface area contributed by atoms with E-state index in [1.54, 1.807) is 0 Å². The molecule has 0 saturated carbocycles. The molecule has 0 aliphatic rings. The molecule has 6 nitrogen and oxygen atoms in total. The maximum absolute atomic E-state index is 12.7. The third-order valence-corrected chi connectivity index (χ3v) is 6.26. The maximum atomic E-state index is 12.7. The second-order valence-electron chi connectivity index (χ2n) is 7.92. The van der Waals surface area contributed by atoms with E-state index >= 15 is 0 Å². The monoisotopic (exact) mass is 447 g/mol. The zero-order valence-electron chi connectivity index (χ0n) is 18.7. The van der Waals surface area contributed by atoms with Crippen molar-refractivity contribution in [1.82, 2.24) is 24.9 Å². The minimum absolute atomic E-state index is 0.114. The van der Waals surface area contributed by atoms with Gasteiger partial charge in [-0.25, -0.2) is 4.68 Å². The second kappa shape index (κ2) is 9.01. The Morgan fingerprint density at radius 2 is 1.59 bits per heavy atom. The van der Waals surface area contributed by atoms with Crippen molar-refractivity contribution < 1.29 is 4.79 Å². The highest BCUT2D eigenvalue weighted by Gasteiger charge is 2.15. The van der Waals surface area contributed by atoms with Crippen molar-refractivity contribution in [2.24, 2.45) is 0 Å². The van der Waals surface area contributed by atoms with Gasteiger partial charge in [-0.3, -0.25) is 9.48 Å². The van der Waals surface area contributed by atoms with E-state index in [2.05, 4.69) is 15.5 Å². The van der Waals surface area contributed by atoms with E-state index in [0.717, 1.165) is 39.6 Å². The number of aryl methyl sites for hydroxylation is 2. The molecule has 0 aliphatic carbocycles. The molecule has 32 heavy (non-hydrogen) atoms. The highest BCUT2D eigenvalue weighted by molar-refractivity contribution is 6.31. The lowest BCUT2D eigenvalue weighted by Crippen LogP contribution is -2.23. The second-order valence-corrected chi connectivity index (χ2v) is 8.30. The summed E-state index contributed by atoms with van der Waals surface area (Å²) >= 11 is 6.23. The minimum atomic E-state index is -0.114. The minimum Gasteiger partial charge on any atom is -0.348 e. The fraction of sp³-hybridized carbons (Fsp3) is 0.240. The number of aromatic nitrogens is 4. The van der Waals surface area contributed by atoms with Crippen LogP contribution in [0.3, 0.4) is 0 Å². The Bertz CT molecular complexity index is 1260. The van der Waals surface area contributed by atoms with Gasteiger partial charge >= 0.3 is 0 Å². The molecule has 164 valence electrons. The number of para-hydroxylation sites is 1. The van der Waals surface area contributed by atoms with E-state index < -0.39 is 0 Å². The van der Waals surface area contributed by atoms with Crippen LogP contribution in [0.15, 0.2) is 54.6 Å². The van der Waals surface area contributed by atoms with Gasteiger partial charge in [0.15, 0.2) is 0 Å². The Hall–Kier alpha value is -3.38. The third-order valence-electron chi connectivity index (χ3n) is 5.71. The molecule has 0 aliphatic heterocycles. The molecule has 1 amide bonds. The van der Waals surface area contributed by atoms with E-state index in [1.807, 2.05) is 91.7 Å². The molecular formula is C25H26ClN5O. The Morgan fingerprint density at radius 1 is 0.906 bits per heavy atom. The van der Waals surface area contributed by atoms with E-state index in [0.29, 0.717) is 23.7 Å². The molecule has 2 heterocycles. The molecule has 0 spiro atoms. The number of halogens is 1. The number of benzene rings is 2. The van der Waals surface area contributed by atoms with Crippen LogP contribution in [0.5, 0.6) is 0 Å². The third kappa shape index (κ3) is 4.32. The SMILES string of the molecule is Cc1nn(Cc2ccc(C(=O)NCc3c(C)nn(-c4ccccc4)c3C)cc2)c(C)c1Cl. The van der Waals surface area contributed by atoms with Crippen molar-refractivity contribution in [3.8, 4) is 5.69 Å². The molecule has 0 saturated heterocycles. The number of nitrogens with one attached hydrogen (secondary N) is 1. The van der Waals surface area contributed by atoms with Crippen molar-refractivity contribution in [1.29, 1.82) is 0 Å². The Kier molecular flexibility index (Phi) is 6.15. The summed E-state index contributed by atoms with van der Waals surface area (Å²) in [6.07, 6.45) is 0. The summed E-state index contributed by atoms with van der Waals surface area (Å²) in [7, 11) is 0. The lowest BCUT2D eigenvalue weighted by molar-refractivity contribution is 0.0951. The molecule has 0 atom stereocenters. The number of nitrogens with zero attached hydrogens (tertiary/aromatic N) is 4. The molecule has 1 N–H and O–H groups in total. The number of rotatable bonds is 6. The zero-order chi connectivity index (χ0) is 22.8. The summed E-state index contributed by atoms with van der Waals surface area (Å²) in [5.74, 6) is -0.114. The van der Waals surface area contributed by atoms with E-state index in [4.69, 9.17) is 11.6 Å². The van der Waals surface area contributed by atoms with Crippen LogP contribution in [0.2, 0.25) is 5.02 Å². The van der Waals surface area contributed by atoms with E-state index in [1.165, 1.54) is 0 Å². The topological polar surface area (TPSA) is 64.7 Å². The molecule has 7 heteroatoms. The van der Waals surface area contributed by atoms with Crippen LogP contribution in [-0.2, 0) is 13.1 Å². The van der Waals surface area contributed by atoms with Gasteiger partial charge in [0.2, 0.25) is 0 Å². The van der Waals surface area contributed by atoms with Gasteiger partial charge in [0, 0.05) is 23.4 Å². The summed E-state index contributed by atoms with van der Waals surface area (Å²) in [5, 5.41) is 12.8. The molecule has 4 rings (SSSR count). The van der Waals surface area contributed by atoms with Crippen LogP contribution in [0.4, 0.5) is 0 Å². The fourth-order valence-electron chi connectivity index (χ4n) is 3.79. The Morgan fingerprint density at radius 3 is 2.22 bits per heavy atom. The lowest BCUT2D eigenvalue weighted by Gasteiger charge is -2.09. The first-order chi connectivity index (χ1) is 15.3. The van der Waals surface area contributed by atoms with Gasteiger partial charge in [-0.05, 0) is 57.5 Å². The van der Waals surface area contributed by atoms with Crippen LogP contribution in [0.1, 0.15) is 44.3 Å². The number of carbonyl (C=O) groups is 1. The fourth-order valence-corrected chi connectivity index (χ4v) is 3.92. The maximum Gasteiger partial charge on any atom is 0.251 e. The summed E-state index contributed by atoms with van der Waals surface area (Å²) in [4.78, 5) is 12.7. The molecule has 2 aromatic carbocycles. The Balaban J connectivity index is 1.43. The van der Waals surface area contributed by atoms with Crippen LogP contribution in [-0.4, -0.2) is 25.5 Å². The molecule has 4 aromatic rings. The van der Waals surface area contributed by atoms with Crippen molar-refractivity contribution in [3.05, 3.63) is 99.1 Å². The van der Waals surface area contributed by atoms with Crippen LogP contribution in [0.25, 0.3) is 5.69 Å². The lowest BCUT2D eigenvalue weighted by atomic mass is 10.1. The van der Waals surface area contributed by atoms with Crippen LogP contribution >= 0.6 is 11.6 Å². The van der Waals surface area contributed by atoms with Crippen molar-refractivity contribution in [3.63, 3.8) is 0 Å². The van der Waals surface area contributed by atoms with Gasteiger partial charge in [-0.15, -0.1) is 0 Å². The highest BCUT2D eigenvalue weighted by atomic mass is 35.5. The molecule has 2 aromatic heterocycles. The first-order valence-corrected chi connectivity index (χ1v) is 10.9. The quantitative estimate of drug-likeness (QED) is 0.455. The van der Waals surface area contributed by atoms with Gasteiger partial charge in [0.1, 0.15) is 0 Å². The number of hydrogen-bond acceptors (Lipinski definition) is 3. The normalized spacial score (nSPS) is 11.0. The predicted molar refractivity (Wildman–Crippen MR) is 126 cm³/mol. The first-order valence-electron chi connectivity index (χ1n) is 10.5. The summed E-state index contributed by atoms with van der Waals surface area (Å²) in [6.45, 7) is 8.87. The van der Waals surface area contributed by atoms with E-state index in [9.17, 15) is 4.79 Å². The van der Waals surface area contributed by atoms with Gasteiger partial charge < -0.3 is 5.32 Å². The summed E-state index contributed by atoms with van der Waals surface area (Å²) in [5.41, 5.74) is 7.39. The van der Waals surface area contributed by atoms with E-state index in [-0.39, 0.29) is 5.91 Å². The average molecular weight is 448 g/mol. The number of carbonyl (C=O) groups excluding carboxylic acids is 1. The number of amides is 1. The van der Waals surface area contributed by atoms with Gasteiger partial charge in [0.05, 0.1) is 34.3 Å². The number of hydrogen-bond donors (Lipinski definition) is 1. The van der Waals surface area contributed by atoms with Gasteiger partial charge in [-0.1, -0.05) is 41.9 Å². The molecular weight excluding hydrogens is 422 g/mol. The average Bonchev–Trinajstić information content (AvgIpc) is 3.22. The highest BCUT2D eigenvalue weighted by Crippen LogP contribution is 2.20. The van der Waals surface area contributed by atoms with Crippen LogP contribution in [0, 0.1) is 27.7 Å². The molecule has 0 unspecified atom stereocenters. The van der Waals surface area contributed by atoms with Gasteiger partial charge in [0.25, 0.3) is 5.91 Å². The molecule has 0 radical (unpaired) electrons. The van der Waals surface area contributed by atoms with Crippen molar-refractivity contribution in [2.45, 2.75) is 40.8 Å². The first kappa shape index (κ1) is 21.8. The smallest absolute Gasteiger partial charge is 0.251 e. The summed E-state index contributed by atoms with van der Waals surface area (Å²) < 4.78 is 3.79.